The van der Waals surface area contributed by atoms with Crippen molar-refractivity contribution in [1.29, 1.82) is 0 Å². The van der Waals surface area contributed by atoms with E-state index >= 15 is 0 Å². The van der Waals surface area contributed by atoms with E-state index < -0.39 is 5.54 Å². The standard InChI is InChI=1S/C17H27ClN2O3/c1-11(2)6-7-23-15-13(18)8-12(9-14(15)22-5)16(21)20-17(3,4)10-19/h8-9,11H,6-7,10,19H2,1-5H3,(H,20,21). The number of amides is 1. The summed E-state index contributed by atoms with van der Waals surface area (Å²) in [5.74, 6) is 1.18. The van der Waals surface area contributed by atoms with Crippen molar-refractivity contribution in [3.63, 3.8) is 0 Å². The number of nitrogens with one attached hydrogen (secondary N) is 1. The topological polar surface area (TPSA) is 73.6 Å². The molecule has 0 aromatic heterocycles. The van der Waals surface area contributed by atoms with Crippen LogP contribution in [0.4, 0.5) is 0 Å². The summed E-state index contributed by atoms with van der Waals surface area (Å²) in [6, 6.07) is 3.20. The molecule has 0 unspecified atom stereocenters. The van der Waals surface area contributed by atoms with Crippen LogP contribution in [0.2, 0.25) is 5.02 Å². The highest BCUT2D eigenvalue weighted by Gasteiger charge is 2.21. The van der Waals surface area contributed by atoms with Gasteiger partial charge in [-0.2, -0.15) is 0 Å². The minimum Gasteiger partial charge on any atom is -0.493 e. The molecule has 23 heavy (non-hydrogen) atoms. The predicted molar refractivity (Wildman–Crippen MR) is 93.6 cm³/mol. The van der Waals surface area contributed by atoms with E-state index in [4.69, 9.17) is 26.8 Å². The first-order valence-corrected chi connectivity index (χ1v) is 8.11. The van der Waals surface area contributed by atoms with Gasteiger partial charge in [0.2, 0.25) is 0 Å². The molecule has 0 saturated carbocycles. The van der Waals surface area contributed by atoms with Crippen molar-refractivity contribution in [3.8, 4) is 11.5 Å². The molecule has 1 aromatic carbocycles. The number of halogens is 1. The van der Waals surface area contributed by atoms with Gasteiger partial charge in [-0.25, -0.2) is 0 Å². The van der Waals surface area contributed by atoms with E-state index in [1.165, 1.54) is 7.11 Å². The molecule has 0 fully saturated rings. The quantitative estimate of drug-likeness (QED) is 0.760. The Bertz CT molecular complexity index is 545. The largest absolute Gasteiger partial charge is 0.493 e. The fourth-order valence-electron chi connectivity index (χ4n) is 1.82. The number of carbonyl (C=O) groups is 1. The van der Waals surface area contributed by atoms with Gasteiger partial charge in [0.05, 0.1) is 18.7 Å². The van der Waals surface area contributed by atoms with Gasteiger partial charge in [-0.3, -0.25) is 4.79 Å². The third-order valence-corrected chi connectivity index (χ3v) is 3.68. The van der Waals surface area contributed by atoms with Gasteiger partial charge in [0.15, 0.2) is 11.5 Å². The molecular formula is C17H27ClN2O3. The van der Waals surface area contributed by atoms with Crippen molar-refractivity contribution in [2.45, 2.75) is 39.7 Å². The van der Waals surface area contributed by atoms with Crippen LogP contribution in [-0.2, 0) is 0 Å². The molecule has 6 heteroatoms. The summed E-state index contributed by atoms with van der Waals surface area (Å²) in [7, 11) is 1.52. The Morgan fingerprint density at radius 3 is 2.57 bits per heavy atom. The van der Waals surface area contributed by atoms with E-state index in [0.717, 1.165) is 6.42 Å². The summed E-state index contributed by atoms with van der Waals surface area (Å²) in [6.07, 6.45) is 0.909. The van der Waals surface area contributed by atoms with Gasteiger partial charge in [0, 0.05) is 17.6 Å². The minimum absolute atomic E-state index is 0.255. The summed E-state index contributed by atoms with van der Waals surface area (Å²) in [5.41, 5.74) is 5.55. The van der Waals surface area contributed by atoms with E-state index in [9.17, 15) is 4.79 Å². The van der Waals surface area contributed by atoms with Gasteiger partial charge in [-0.05, 0) is 38.3 Å². The number of hydrogen-bond donors (Lipinski definition) is 2. The monoisotopic (exact) mass is 342 g/mol. The van der Waals surface area contributed by atoms with Gasteiger partial charge >= 0.3 is 0 Å². The molecule has 0 radical (unpaired) electrons. The van der Waals surface area contributed by atoms with Crippen molar-refractivity contribution in [3.05, 3.63) is 22.7 Å². The van der Waals surface area contributed by atoms with Crippen LogP contribution in [0.5, 0.6) is 11.5 Å². The van der Waals surface area contributed by atoms with Crippen LogP contribution in [0, 0.1) is 5.92 Å². The lowest BCUT2D eigenvalue weighted by molar-refractivity contribution is 0.0915. The first kappa shape index (κ1) is 19.6. The van der Waals surface area contributed by atoms with Crippen molar-refractivity contribution < 1.29 is 14.3 Å². The number of rotatable bonds is 8. The van der Waals surface area contributed by atoms with Crippen LogP contribution in [-0.4, -0.2) is 31.7 Å². The Morgan fingerprint density at radius 1 is 1.39 bits per heavy atom. The maximum atomic E-state index is 12.3. The molecule has 1 aromatic rings. The minimum atomic E-state index is -0.497. The van der Waals surface area contributed by atoms with Crippen LogP contribution in [0.25, 0.3) is 0 Å². The predicted octanol–water partition coefficient (Wildman–Crippen LogP) is 3.24. The lowest BCUT2D eigenvalue weighted by Gasteiger charge is -2.24. The SMILES string of the molecule is COc1cc(C(=O)NC(C)(C)CN)cc(Cl)c1OCCC(C)C. The van der Waals surface area contributed by atoms with Crippen LogP contribution in [0.3, 0.4) is 0 Å². The second-order valence-corrected chi connectivity index (χ2v) is 6.97. The molecule has 0 atom stereocenters. The Labute approximate surface area is 143 Å². The van der Waals surface area contributed by atoms with Gasteiger partial charge in [0.25, 0.3) is 5.91 Å². The van der Waals surface area contributed by atoms with Gasteiger partial charge in [0.1, 0.15) is 0 Å². The highest BCUT2D eigenvalue weighted by atomic mass is 35.5. The van der Waals surface area contributed by atoms with E-state index in [1.807, 2.05) is 13.8 Å². The Morgan fingerprint density at radius 2 is 2.04 bits per heavy atom. The number of hydrogen-bond acceptors (Lipinski definition) is 4. The lowest BCUT2D eigenvalue weighted by Crippen LogP contribution is -2.48. The molecule has 0 bridgehead atoms. The molecule has 130 valence electrons. The summed E-state index contributed by atoms with van der Waals surface area (Å²) < 4.78 is 11.0. The second-order valence-electron chi connectivity index (χ2n) is 6.56. The van der Waals surface area contributed by atoms with Crippen molar-refractivity contribution in [2.75, 3.05) is 20.3 Å². The Hall–Kier alpha value is -1.46. The average molecular weight is 343 g/mol. The summed E-state index contributed by atoms with van der Waals surface area (Å²) in [6.45, 7) is 8.82. The number of benzene rings is 1. The Kier molecular flexibility index (Phi) is 7.16. The van der Waals surface area contributed by atoms with Crippen LogP contribution in [0.15, 0.2) is 12.1 Å². The van der Waals surface area contributed by atoms with Gasteiger partial charge < -0.3 is 20.5 Å². The number of carbonyl (C=O) groups excluding carboxylic acids is 1. The summed E-state index contributed by atoms with van der Waals surface area (Å²) in [5, 5.41) is 3.21. The molecule has 5 nitrogen and oxygen atoms in total. The molecule has 0 aliphatic rings. The smallest absolute Gasteiger partial charge is 0.251 e. The van der Waals surface area contributed by atoms with Crippen molar-refractivity contribution in [1.82, 2.24) is 5.32 Å². The van der Waals surface area contributed by atoms with E-state index in [-0.39, 0.29) is 5.91 Å². The van der Waals surface area contributed by atoms with E-state index in [2.05, 4.69) is 19.2 Å². The third kappa shape index (κ3) is 5.92. The first-order valence-electron chi connectivity index (χ1n) is 7.73. The van der Waals surface area contributed by atoms with Crippen LogP contribution < -0.4 is 20.5 Å². The average Bonchev–Trinajstić information content (AvgIpc) is 2.47. The number of ether oxygens (including phenoxy) is 2. The summed E-state index contributed by atoms with van der Waals surface area (Å²) >= 11 is 6.27. The van der Waals surface area contributed by atoms with Crippen LogP contribution >= 0.6 is 11.6 Å². The zero-order valence-electron chi connectivity index (χ0n) is 14.5. The van der Waals surface area contributed by atoms with Crippen LogP contribution in [0.1, 0.15) is 44.5 Å². The van der Waals surface area contributed by atoms with Gasteiger partial charge in [-0.1, -0.05) is 25.4 Å². The molecule has 0 aliphatic carbocycles. The Balaban J connectivity index is 2.97. The maximum Gasteiger partial charge on any atom is 0.251 e. The number of methoxy groups -OCH3 is 1. The van der Waals surface area contributed by atoms with E-state index in [1.54, 1.807) is 12.1 Å². The highest BCUT2D eigenvalue weighted by molar-refractivity contribution is 6.32. The van der Waals surface area contributed by atoms with E-state index in [0.29, 0.717) is 41.2 Å². The van der Waals surface area contributed by atoms with Crippen molar-refractivity contribution in [2.24, 2.45) is 11.7 Å². The number of nitrogens with two attached hydrogens (primary N) is 1. The third-order valence-electron chi connectivity index (χ3n) is 3.40. The van der Waals surface area contributed by atoms with Gasteiger partial charge in [-0.15, -0.1) is 0 Å². The molecule has 1 rings (SSSR count). The normalized spacial score (nSPS) is 11.5. The highest BCUT2D eigenvalue weighted by Crippen LogP contribution is 2.36. The van der Waals surface area contributed by atoms with Crippen molar-refractivity contribution >= 4 is 17.5 Å². The zero-order valence-corrected chi connectivity index (χ0v) is 15.3. The second kappa shape index (κ2) is 8.41. The molecule has 0 aliphatic heterocycles. The molecule has 0 saturated heterocycles. The molecule has 1 amide bonds. The molecule has 0 spiro atoms. The fraction of sp³-hybridized carbons (Fsp3) is 0.588. The maximum absolute atomic E-state index is 12.3. The fourth-order valence-corrected chi connectivity index (χ4v) is 2.08. The molecule has 3 N–H and O–H groups in total. The first-order chi connectivity index (χ1) is 10.7. The lowest BCUT2D eigenvalue weighted by atomic mass is 10.0. The summed E-state index contributed by atoms with van der Waals surface area (Å²) in [4.78, 5) is 12.3. The molecule has 0 heterocycles. The zero-order chi connectivity index (χ0) is 17.6. The molecular weight excluding hydrogens is 316 g/mol.